The summed E-state index contributed by atoms with van der Waals surface area (Å²) in [4.78, 5) is 0. The second-order valence-electron chi connectivity index (χ2n) is 6.21. The van der Waals surface area contributed by atoms with Crippen molar-refractivity contribution in [2.75, 3.05) is 11.9 Å². The summed E-state index contributed by atoms with van der Waals surface area (Å²) < 4.78 is 0. The van der Waals surface area contributed by atoms with E-state index < -0.39 is 0 Å². The van der Waals surface area contributed by atoms with Crippen LogP contribution in [0.5, 0.6) is 0 Å². The molecule has 0 saturated heterocycles. The van der Waals surface area contributed by atoms with Gasteiger partial charge in [-0.3, -0.25) is 0 Å². The SMILES string of the molecule is C=Cc1ccc(NCC2CCCCC2)c(C2CC2)c1. The summed E-state index contributed by atoms with van der Waals surface area (Å²) >= 11 is 0. The fourth-order valence-electron chi connectivity index (χ4n) is 3.25. The molecule has 1 nitrogen and oxygen atoms in total. The summed E-state index contributed by atoms with van der Waals surface area (Å²) in [5.41, 5.74) is 4.15. The van der Waals surface area contributed by atoms with E-state index in [0.717, 1.165) is 18.4 Å². The summed E-state index contributed by atoms with van der Waals surface area (Å²) in [7, 11) is 0. The third-order valence-electron chi connectivity index (χ3n) is 4.63. The molecule has 0 heterocycles. The lowest BCUT2D eigenvalue weighted by Gasteiger charge is -2.23. The second-order valence-corrected chi connectivity index (χ2v) is 6.21. The zero-order valence-corrected chi connectivity index (χ0v) is 11.8. The smallest absolute Gasteiger partial charge is 0.0376 e. The van der Waals surface area contributed by atoms with Crippen molar-refractivity contribution in [3.63, 3.8) is 0 Å². The maximum Gasteiger partial charge on any atom is 0.0376 e. The molecule has 2 aliphatic rings. The molecule has 2 fully saturated rings. The van der Waals surface area contributed by atoms with Gasteiger partial charge in [0.1, 0.15) is 0 Å². The highest BCUT2D eigenvalue weighted by Gasteiger charge is 2.26. The van der Waals surface area contributed by atoms with Gasteiger partial charge in [0.05, 0.1) is 0 Å². The number of hydrogen-bond acceptors (Lipinski definition) is 1. The first kappa shape index (κ1) is 12.8. The summed E-state index contributed by atoms with van der Waals surface area (Å²) in [5, 5.41) is 3.72. The van der Waals surface area contributed by atoms with E-state index >= 15 is 0 Å². The van der Waals surface area contributed by atoms with E-state index in [9.17, 15) is 0 Å². The molecule has 0 aromatic heterocycles. The minimum Gasteiger partial charge on any atom is -0.385 e. The Morgan fingerprint density at radius 1 is 1.11 bits per heavy atom. The average molecular weight is 255 g/mol. The van der Waals surface area contributed by atoms with Gasteiger partial charge in [-0.25, -0.2) is 0 Å². The molecule has 3 rings (SSSR count). The second kappa shape index (κ2) is 5.81. The van der Waals surface area contributed by atoms with Crippen LogP contribution < -0.4 is 5.32 Å². The Balaban J connectivity index is 1.67. The van der Waals surface area contributed by atoms with Crippen LogP contribution in [0, 0.1) is 5.92 Å². The van der Waals surface area contributed by atoms with Gasteiger partial charge in [-0.2, -0.15) is 0 Å². The molecule has 102 valence electrons. The van der Waals surface area contributed by atoms with Crippen molar-refractivity contribution in [1.29, 1.82) is 0 Å². The van der Waals surface area contributed by atoms with Crippen LogP contribution in [0.25, 0.3) is 6.08 Å². The van der Waals surface area contributed by atoms with Gasteiger partial charge in [0.15, 0.2) is 0 Å². The van der Waals surface area contributed by atoms with Crippen molar-refractivity contribution in [3.8, 4) is 0 Å². The summed E-state index contributed by atoms with van der Waals surface area (Å²) in [5.74, 6) is 1.69. The van der Waals surface area contributed by atoms with E-state index in [2.05, 4.69) is 30.1 Å². The van der Waals surface area contributed by atoms with Crippen LogP contribution >= 0.6 is 0 Å². The van der Waals surface area contributed by atoms with Gasteiger partial charge >= 0.3 is 0 Å². The molecule has 0 spiro atoms. The Morgan fingerprint density at radius 3 is 2.58 bits per heavy atom. The number of rotatable bonds is 5. The molecule has 1 heteroatoms. The first-order chi connectivity index (χ1) is 9.36. The molecule has 1 aromatic carbocycles. The fraction of sp³-hybridized carbons (Fsp3) is 0.556. The van der Waals surface area contributed by atoms with Gasteiger partial charge in [0.2, 0.25) is 0 Å². The van der Waals surface area contributed by atoms with Gasteiger partial charge in [-0.1, -0.05) is 38.0 Å². The van der Waals surface area contributed by atoms with Crippen LogP contribution in [0.3, 0.4) is 0 Å². The molecule has 0 atom stereocenters. The fourth-order valence-corrected chi connectivity index (χ4v) is 3.25. The number of benzene rings is 1. The topological polar surface area (TPSA) is 12.0 Å². The Hall–Kier alpha value is -1.24. The molecule has 1 aromatic rings. The Labute approximate surface area is 117 Å². The van der Waals surface area contributed by atoms with Crippen molar-refractivity contribution in [2.24, 2.45) is 5.92 Å². The highest BCUT2D eigenvalue weighted by molar-refractivity contribution is 5.61. The summed E-state index contributed by atoms with van der Waals surface area (Å²) in [6, 6.07) is 6.77. The monoisotopic (exact) mass is 255 g/mol. The Kier molecular flexibility index (Phi) is 3.91. The highest BCUT2D eigenvalue weighted by atomic mass is 14.9. The predicted octanol–water partition coefficient (Wildman–Crippen LogP) is 5.20. The van der Waals surface area contributed by atoms with Crippen LogP contribution in [0.1, 0.15) is 62.0 Å². The molecule has 0 unspecified atom stereocenters. The Morgan fingerprint density at radius 2 is 1.89 bits per heavy atom. The van der Waals surface area contributed by atoms with E-state index in [1.165, 1.54) is 61.8 Å². The summed E-state index contributed by atoms with van der Waals surface area (Å²) in [6.45, 7) is 5.04. The van der Waals surface area contributed by atoms with Crippen LogP contribution in [0.15, 0.2) is 24.8 Å². The van der Waals surface area contributed by atoms with Gasteiger partial charge in [0, 0.05) is 12.2 Å². The zero-order chi connectivity index (χ0) is 13.1. The molecule has 0 amide bonds. The van der Waals surface area contributed by atoms with Crippen LogP contribution in [-0.2, 0) is 0 Å². The molecule has 1 N–H and O–H groups in total. The molecule has 0 bridgehead atoms. The van der Waals surface area contributed by atoms with E-state index in [0.29, 0.717) is 0 Å². The molecule has 0 radical (unpaired) electrons. The Bertz CT molecular complexity index is 439. The van der Waals surface area contributed by atoms with Crippen LogP contribution in [-0.4, -0.2) is 6.54 Å². The van der Waals surface area contributed by atoms with Crippen LogP contribution in [0.4, 0.5) is 5.69 Å². The average Bonchev–Trinajstić information content (AvgIpc) is 3.30. The molecule has 19 heavy (non-hydrogen) atoms. The van der Waals surface area contributed by atoms with Crippen molar-refractivity contribution < 1.29 is 0 Å². The summed E-state index contributed by atoms with van der Waals surface area (Å²) in [6.07, 6.45) is 11.8. The molecular formula is C18H25N. The third-order valence-corrected chi connectivity index (χ3v) is 4.63. The zero-order valence-electron chi connectivity index (χ0n) is 11.8. The van der Waals surface area contributed by atoms with Crippen LogP contribution in [0.2, 0.25) is 0 Å². The first-order valence-electron chi connectivity index (χ1n) is 7.87. The minimum absolute atomic E-state index is 0.800. The molecule has 2 saturated carbocycles. The molecule has 0 aliphatic heterocycles. The lowest BCUT2D eigenvalue weighted by Crippen LogP contribution is -2.17. The molecule has 2 aliphatic carbocycles. The molecular weight excluding hydrogens is 230 g/mol. The van der Waals surface area contributed by atoms with Crippen molar-refractivity contribution in [2.45, 2.75) is 50.9 Å². The van der Waals surface area contributed by atoms with Gasteiger partial charge in [0.25, 0.3) is 0 Å². The van der Waals surface area contributed by atoms with Gasteiger partial charge in [-0.05, 0) is 60.8 Å². The minimum atomic E-state index is 0.800. The first-order valence-corrected chi connectivity index (χ1v) is 7.87. The standard InChI is InChI=1S/C18H25N/c1-2-14-8-11-18(17(12-14)16-9-10-16)19-13-15-6-4-3-5-7-15/h2,8,11-12,15-16,19H,1,3-7,9-10,13H2. The van der Waals surface area contributed by atoms with Gasteiger partial charge in [-0.15, -0.1) is 0 Å². The van der Waals surface area contributed by atoms with E-state index in [1.54, 1.807) is 0 Å². The number of hydrogen-bond donors (Lipinski definition) is 1. The van der Waals surface area contributed by atoms with E-state index in [-0.39, 0.29) is 0 Å². The normalized spacial score (nSPS) is 20.2. The predicted molar refractivity (Wildman–Crippen MR) is 83.6 cm³/mol. The van der Waals surface area contributed by atoms with E-state index in [1.807, 2.05) is 6.08 Å². The quantitative estimate of drug-likeness (QED) is 0.762. The lowest BCUT2D eigenvalue weighted by molar-refractivity contribution is 0.373. The number of nitrogens with one attached hydrogen (secondary N) is 1. The van der Waals surface area contributed by atoms with Gasteiger partial charge < -0.3 is 5.32 Å². The van der Waals surface area contributed by atoms with Crippen molar-refractivity contribution >= 4 is 11.8 Å². The maximum absolute atomic E-state index is 3.88. The lowest BCUT2D eigenvalue weighted by atomic mass is 9.89. The van der Waals surface area contributed by atoms with E-state index in [4.69, 9.17) is 0 Å². The number of anilines is 1. The maximum atomic E-state index is 3.88. The van der Waals surface area contributed by atoms with Crippen molar-refractivity contribution in [3.05, 3.63) is 35.9 Å². The highest BCUT2D eigenvalue weighted by Crippen LogP contribution is 2.44. The third kappa shape index (κ3) is 3.20. The van der Waals surface area contributed by atoms with Crippen molar-refractivity contribution in [1.82, 2.24) is 0 Å². The largest absolute Gasteiger partial charge is 0.385 e.